The average Bonchev–Trinajstić information content (AvgIpc) is 2.48. The van der Waals surface area contributed by atoms with Gasteiger partial charge >= 0.3 is 0 Å². The second-order valence-corrected chi connectivity index (χ2v) is 5.82. The van der Waals surface area contributed by atoms with E-state index in [1.54, 1.807) is 0 Å². The topological polar surface area (TPSA) is 35.2 Å². The van der Waals surface area contributed by atoms with Crippen LogP contribution in [0.4, 0.5) is 0 Å². The van der Waals surface area contributed by atoms with E-state index < -0.39 is 0 Å². The molecule has 0 saturated heterocycles. The molecule has 1 atom stereocenters. The number of ether oxygens (including phenoxy) is 1. The third kappa shape index (κ3) is 4.26. The molecule has 1 heterocycles. The quantitative estimate of drug-likeness (QED) is 0.633. The predicted octanol–water partition coefficient (Wildman–Crippen LogP) is 4.13. The van der Waals surface area contributed by atoms with Crippen LogP contribution in [0.2, 0.25) is 0 Å². The maximum absolute atomic E-state index is 6.00. The normalized spacial score (nSPS) is 18.4. The van der Waals surface area contributed by atoms with Crippen molar-refractivity contribution in [3.8, 4) is 5.75 Å². The zero-order valence-corrected chi connectivity index (χ0v) is 13.4. The highest BCUT2D eigenvalue weighted by molar-refractivity contribution is 7.84. The van der Waals surface area contributed by atoms with Crippen LogP contribution < -0.4 is 10.5 Å². The fraction of sp³-hybridized carbons (Fsp3) is 0.333. The van der Waals surface area contributed by atoms with Crippen molar-refractivity contribution in [2.75, 3.05) is 6.54 Å². The van der Waals surface area contributed by atoms with Crippen LogP contribution in [0.5, 0.6) is 5.75 Å². The molecule has 2 N–H and O–H groups in total. The van der Waals surface area contributed by atoms with E-state index in [9.17, 15) is 0 Å². The lowest BCUT2D eigenvalue weighted by atomic mass is 9.96. The first-order valence-corrected chi connectivity index (χ1v) is 7.81. The summed E-state index contributed by atoms with van der Waals surface area (Å²) in [5.41, 5.74) is 9.25. The monoisotopic (exact) mass is 301 g/mol. The smallest absolute Gasteiger partial charge is 0.122 e. The molecule has 1 aliphatic heterocycles. The first-order valence-electron chi connectivity index (χ1n) is 7.36. The van der Waals surface area contributed by atoms with Crippen molar-refractivity contribution >= 4 is 18.2 Å². The highest BCUT2D eigenvalue weighted by atomic mass is 32.1. The van der Waals surface area contributed by atoms with Crippen LogP contribution in [0, 0.1) is 0 Å². The predicted molar refractivity (Wildman–Crippen MR) is 93.8 cm³/mol. The second kappa shape index (κ2) is 7.53. The zero-order chi connectivity index (χ0) is 15.2. The van der Waals surface area contributed by atoms with Crippen molar-refractivity contribution in [2.45, 2.75) is 32.3 Å². The second-order valence-electron chi connectivity index (χ2n) is 5.25. The van der Waals surface area contributed by atoms with Gasteiger partial charge in [-0.15, -0.1) is 12.6 Å². The van der Waals surface area contributed by atoms with Gasteiger partial charge in [-0.1, -0.05) is 24.8 Å². The fourth-order valence-electron chi connectivity index (χ4n) is 2.56. The lowest BCUT2D eigenvalue weighted by Crippen LogP contribution is -2.25. The third-order valence-corrected chi connectivity index (χ3v) is 3.83. The first-order chi connectivity index (χ1) is 10.1. The zero-order valence-electron chi connectivity index (χ0n) is 12.5. The molecule has 2 nitrogen and oxygen atoms in total. The number of aryl methyl sites for hydroxylation is 1. The number of fused-ring (bicyclic) bond motifs is 1. The molecule has 2 rings (SSSR count). The number of allylic oxidation sites excluding steroid dienone is 4. The van der Waals surface area contributed by atoms with Gasteiger partial charge in [-0.2, -0.15) is 0 Å². The highest BCUT2D eigenvalue weighted by Gasteiger charge is 2.19. The minimum Gasteiger partial charge on any atom is -0.490 e. The third-order valence-electron chi connectivity index (χ3n) is 3.68. The maximum atomic E-state index is 6.00. The lowest BCUT2D eigenvalue weighted by Gasteiger charge is -2.26. The molecule has 1 aliphatic rings. The van der Waals surface area contributed by atoms with Crippen LogP contribution >= 0.6 is 12.6 Å². The van der Waals surface area contributed by atoms with Gasteiger partial charge in [0.2, 0.25) is 0 Å². The van der Waals surface area contributed by atoms with Gasteiger partial charge in [0.05, 0.1) is 0 Å². The van der Waals surface area contributed by atoms with Crippen LogP contribution in [0.25, 0.3) is 5.57 Å². The Morgan fingerprint density at radius 3 is 2.95 bits per heavy atom. The van der Waals surface area contributed by atoms with Gasteiger partial charge in [-0.25, -0.2) is 0 Å². The van der Waals surface area contributed by atoms with Crippen molar-refractivity contribution in [1.82, 2.24) is 0 Å². The molecule has 0 spiro atoms. The molecule has 1 aromatic carbocycles. The molecule has 1 unspecified atom stereocenters. The Balaban J connectivity index is 2.20. The molecule has 0 aliphatic carbocycles. The van der Waals surface area contributed by atoms with Gasteiger partial charge in [0.15, 0.2) is 0 Å². The van der Waals surface area contributed by atoms with Gasteiger partial charge in [0.25, 0.3) is 0 Å². The first kappa shape index (κ1) is 15.9. The number of hydrogen-bond donors (Lipinski definition) is 2. The van der Waals surface area contributed by atoms with Crippen LogP contribution in [0.3, 0.4) is 0 Å². The maximum Gasteiger partial charge on any atom is 0.122 e. The van der Waals surface area contributed by atoms with E-state index in [4.69, 9.17) is 10.5 Å². The van der Waals surface area contributed by atoms with Crippen molar-refractivity contribution < 1.29 is 4.74 Å². The summed E-state index contributed by atoms with van der Waals surface area (Å²) < 4.78 is 6.00. The number of nitrogens with two attached hydrogens (primary N) is 1. The van der Waals surface area contributed by atoms with Crippen LogP contribution in [-0.4, -0.2) is 12.6 Å². The lowest BCUT2D eigenvalue weighted by molar-refractivity contribution is 0.166. The Bertz CT molecular complexity index is 575. The molecular weight excluding hydrogens is 278 g/mol. The fourth-order valence-corrected chi connectivity index (χ4v) is 2.63. The molecule has 1 aromatic rings. The summed E-state index contributed by atoms with van der Waals surface area (Å²) in [6, 6.07) is 6.39. The summed E-state index contributed by atoms with van der Waals surface area (Å²) in [6.45, 7) is 6.49. The highest BCUT2D eigenvalue weighted by Crippen LogP contribution is 2.31. The molecule has 0 fully saturated rings. The van der Waals surface area contributed by atoms with Crippen LogP contribution in [-0.2, 0) is 6.42 Å². The SMILES string of the molecule is C=C(S)/C=C\C(=C/C)c1ccc2c(c1)CCC(CCN)O2. The minimum atomic E-state index is 0.266. The van der Waals surface area contributed by atoms with Crippen molar-refractivity contribution in [2.24, 2.45) is 5.73 Å². The van der Waals surface area contributed by atoms with E-state index in [0.29, 0.717) is 6.54 Å². The van der Waals surface area contributed by atoms with E-state index in [2.05, 4.69) is 43.5 Å². The summed E-state index contributed by atoms with van der Waals surface area (Å²) in [4.78, 5) is 0.750. The molecule has 3 heteroatoms. The molecule has 0 saturated carbocycles. The molecule has 0 aromatic heterocycles. The number of thiol groups is 1. The van der Waals surface area contributed by atoms with E-state index in [-0.39, 0.29) is 6.10 Å². The minimum absolute atomic E-state index is 0.266. The molecule has 21 heavy (non-hydrogen) atoms. The largest absolute Gasteiger partial charge is 0.490 e. The standard InChI is InChI=1S/C18H23NOS/c1-3-14(5-4-13(2)21)15-7-9-18-16(12-15)6-8-17(20-18)10-11-19/h3-5,7,9,12,17,21H,2,6,8,10-11,19H2,1H3/b5-4-,14-3+. The summed E-state index contributed by atoms with van der Waals surface area (Å²) in [5, 5.41) is 0. The number of rotatable bonds is 5. The molecule has 0 radical (unpaired) electrons. The Morgan fingerprint density at radius 2 is 2.29 bits per heavy atom. The van der Waals surface area contributed by atoms with Gasteiger partial charge in [-0.05, 0) is 72.5 Å². The van der Waals surface area contributed by atoms with Gasteiger partial charge in [-0.3, -0.25) is 0 Å². The summed E-state index contributed by atoms with van der Waals surface area (Å²) in [6.07, 6.45) is 9.32. The van der Waals surface area contributed by atoms with Gasteiger partial charge in [0.1, 0.15) is 11.9 Å². The Morgan fingerprint density at radius 1 is 1.48 bits per heavy atom. The summed E-state index contributed by atoms with van der Waals surface area (Å²) in [5.74, 6) is 1.00. The van der Waals surface area contributed by atoms with Gasteiger partial charge < -0.3 is 10.5 Å². The average molecular weight is 301 g/mol. The van der Waals surface area contributed by atoms with Gasteiger partial charge in [0, 0.05) is 0 Å². The number of benzene rings is 1. The summed E-state index contributed by atoms with van der Waals surface area (Å²) in [7, 11) is 0. The van der Waals surface area contributed by atoms with E-state index >= 15 is 0 Å². The Kier molecular flexibility index (Phi) is 5.71. The molecule has 112 valence electrons. The molecule has 0 bridgehead atoms. The molecular formula is C18H23NOS. The summed E-state index contributed by atoms with van der Waals surface area (Å²) >= 11 is 4.19. The Labute approximate surface area is 132 Å². The van der Waals surface area contributed by atoms with E-state index in [1.807, 2.05) is 19.1 Å². The number of hydrogen-bond acceptors (Lipinski definition) is 3. The van der Waals surface area contributed by atoms with Crippen molar-refractivity contribution in [1.29, 1.82) is 0 Å². The molecule has 0 amide bonds. The van der Waals surface area contributed by atoms with Crippen LogP contribution in [0.15, 0.2) is 47.9 Å². The van der Waals surface area contributed by atoms with E-state index in [1.165, 1.54) is 11.1 Å². The van der Waals surface area contributed by atoms with Crippen LogP contribution in [0.1, 0.15) is 30.9 Å². The van der Waals surface area contributed by atoms with Crippen molar-refractivity contribution in [3.05, 3.63) is 59.0 Å². The Hall–Kier alpha value is -1.45. The van der Waals surface area contributed by atoms with Crippen molar-refractivity contribution in [3.63, 3.8) is 0 Å². The van der Waals surface area contributed by atoms with E-state index in [0.717, 1.165) is 35.5 Å².